The maximum Gasteiger partial charge on any atom is 0.407 e. The average molecular weight is 279 g/mol. The van der Waals surface area contributed by atoms with E-state index in [1.807, 2.05) is 20.8 Å². The molecule has 110 valence electrons. The number of phenolic OH excluding ortho intramolecular Hbond substituents is 1. The highest BCUT2D eigenvalue weighted by Gasteiger charge is 2.29. The molecule has 0 aliphatic heterocycles. The third-order valence-electron chi connectivity index (χ3n) is 2.89. The second kappa shape index (κ2) is 5.94. The van der Waals surface area contributed by atoms with E-state index in [0.29, 0.717) is 5.56 Å². The van der Waals surface area contributed by atoms with Crippen molar-refractivity contribution in [2.45, 2.75) is 33.7 Å². The van der Waals surface area contributed by atoms with Gasteiger partial charge in [0, 0.05) is 12.1 Å². The monoisotopic (exact) mass is 279 g/mol. The number of rotatable bonds is 4. The highest BCUT2D eigenvalue weighted by molar-refractivity contribution is 6.01. The van der Waals surface area contributed by atoms with Crippen molar-refractivity contribution in [2.24, 2.45) is 5.41 Å². The van der Waals surface area contributed by atoms with E-state index >= 15 is 0 Å². The molecule has 0 fully saturated rings. The molecule has 1 aromatic carbocycles. The standard InChI is InChI=1S/C15H21NO4/c1-10(16(14(19)20)9-15(2,3)4)13(18)11-5-7-12(17)8-6-11/h5-8,10,17H,9H2,1-4H3,(H,19,20)/t10-/m0/s1. The molecule has 5 heteroatoms. The summed E-state index contributed by atoms with van der Waals surface area (Å²) < 4.78 is 0. The first-order valence-corrected chi connectivity index (χ1v) is 6.44. The van der Waals surface area contributed by atoms with Gasteiger partial charge >= 0.3 is 6.09 Å². The van der Waals surface area contributed by atoms with Crippen molar-refractivity contribution < 1.29 is 19.8 Å². The van der Waals surface area contributed by atoms with Gasteiger partial charge in [0.2, 0.25) is 0 Å². The van der Waals surface area contributed by atoms with Crippen LogP contribution in [0.2, 0.25) is 0 Å². The molecule has 0 saturated carbocycles. The molecule has 20 heavy (non-hydrogen) atoms. The van der Waals surface area contributed by atoms with Gasteiger partial charge in [0.1, 0.15) is 5.75 Å². The quantitative estimate of drug-likeness (QED) is 0.830. The number of aromatic hydroxyl groups is 1. The van der Waals surface area contributed by atoms with Crippen LogP contribution in [0.5, 0.6) is 5.75 Å². The van der Waals surface area contributed by atoms with Gasteiger partial charge in [0.05, 0.1) is 6.04 Å². The Morgan fingerprint density at radius 1 is 1.20 bits per heavy atom. The Labute approximate surface area is 118 Å². The van der Waals surface area contributed by atoms with Gasteiger partial charge in [-0.2, -0.15) is 0 Å². The summed E-state index contributed by atoms with van der Waals surface area (Å²) >= 11 is 0. The lowest BCUT2D eigenvalue weighted by molar-refractivity contribution is 0.0743. The number of hydrogen-bond acceptors (Lipinski definition) is 3. The van der Waals surface area contributed by atoms with E-state index in [9.17, 15) is 19.8 Å². The molecular weight excluding hydrogens is 258 g/mol. The molecule has 0 unspecified atom stereocenters. The van der Waals surface area contributed by atoms with Gasteiger partial charge in [-0.1, -0.05) is 20.8 Å². The van der Waals surface area contributed by atoms with Crippen molar-refractivity contribution >= 4 is 11.9 Å². The molecule has 5 nitrogen and oxygen atoms in total. The molecule has 0 bridgehead atoms. The number of Topliss-reactive ketones (excluding diaryl/α,β-unsaturated/α-hetero) is 1. The maximum absolute atomic E-state index is 12.3. The Kier molecular flexibility index (Phi) is 4.76. The largest absolute Gasteiger partial charge is 0.508 e. The Balaban J connectivity index is 2.94. The number of phenols is 1. The summed E-state index contributed by atoms with van der Waals surface area (Å²) in [7, 11) is 0. The van der Waals surface area contributed by atoms with Gasteiger partial charge in [-0.3, -0.25) is 9.69 Å². The lowest BCUT2D eigenvalue weighted by Crippen LogP contribution is -2.46. The normalized spacial score (nSPS) is 12.8. The van der Waals surface area contributed by atoms with Crippen LogP contribution in [0.15, 0.2) is 24.3 Å². The molecule has 2 N–H and O–H groups in total. The fourth-order valence-corrected chi connectivity index (χ4v) is 1.89. The summed E-state index contributed by atoms with van der Waals surface area (Å²) in [6, 6.07) is 5.04. The number of benzene rings is 1. The van der Waals surface area contributed by atoms with Gasteiger partial charge < -0.3 is 10.2 Å². The van der Waals surface area contributed by atoms with Crippen LogP contribution < -0.4 is 0 Å². The fraction of sp³-hybridized carbons (Fsp3) is 0.467. The molecule has 1 rings (SSSR count). The topological polar surface area (TPSA) is 77.8 Å². The number of hydrogen-bond donors (Lipinski definition) is 2. The Morgan fingerprint density at radius 3 is 2.10 bits per heavy atom. The van der Waals surface area contributed by atoms with E-state index in [2.05, 4.69) is 0 Å². The number of carbonyl (C=O) groups excluding carboxylic acids is 1. The highest BCUT2D eigenvalue weighted by atomic mass is 16.4. The summed E-state index contributed by atoms with van der Waals surface area (Å²) in [6.45, 7) is 7.60. The molecule has 0 radical (unpaired) electrons. The minimum absolute atomic E-state index is 0.0685. The van der Waals surface area contributed by atoms with E-state index in [1.54, 1.807) is 6.92 Å². The van der Waals surface area contributed by atoms with Crippen molar-refractivity contribution in [3.05, 3.63) is 29.8 Å². The summed E-state index contributed by atoms with van der Waals surface area (Å²) in [6.07, 6.45) is -1.11. The zero-order chi connectivity index (χ0) is 15.5. The van der Waals surface area contributed by atoms with Crippen LogP contribution in [0.4, 0.5) is 4.79 Å². The molecule has 1 amide bonds. The maximum atomic E-state index is 12.3. The van der Waals surface area contributed by atoms with E-state index in [-0.39, 0.29) is 23.5 Å². The average Bonchev–Trinajstić information content (AvgIpc) is 2.34. The van der Waals surface area contributed by atoms with Crippen LogP contribution in [0, 0.1) is 5.41 Å². The Hall–Kier alpha value is -2.04. The van der Waals surface area contributed by atoms with Crippen LogP contribution in [0.25, 0.3) is 0 Å². The van der Waals surface area contributed by atoms with Crippen molar-refractivity contribution in [1.82, 2.24) is 4.90 Å². The first kappa shape index (κ1) is 16.0. The molecule has 1 aromatic rings. The molecule has 0 saturated heterocycles. The number of ketones is 1. The summed E-state index contributed by atoms with van der Waals surface area (Å²) in [5, 5.41) is 18.5. The lowest BCUT2D eigenvalue weighted by atomic mass is 9.94. The van der Waals surface area contributed by atoms with Crippen LogP contribution in [0.3, 0.4) is 0 Å². The van der Waals surface area contributed by atoms with Crippen LogP contribution >= 0.6 is 0 Å². The third kappa shape index (κ3) is 4.26. The molecule has 0 aromatic heterocycles. The van der Waals surface area contributed by atoms with Crippen LogP contribution in [-0.4, -0.2) is 39.6 Å². The summed E-state index contributed by atoms with van der Waals surface area (Å²) in [5.41, 5.74) is 0.150. The Bertz CT molecular complexity index is 488. The Morgan fingerprint density at radius 2 is 1.70 bits per heavy atom. The van der Waals surface area contributed by atoms with E-state index in [0.717, 1.165) is 4.90 Å². The van der Waals surface area contributed by atoms with Gasteiger partial charge in [-0.15, -0.1) is 0 Å². The van der Waals surface area contributed by atoms with E-state index in [1.165, 1.54) is 24.3 Å². The molecule has 0 aliphatic rings. The predicted octanol–water partition coefficient (Wildman–Crippen LogP) is 2.99. The zero-order valence-electron chi connectivity index (χ0n) is 12.3. The summed E-state index contributed by atoms with van der Waals surface area (Å²) in [4.78, 5) is 24.8. The van der Waals surface area contributed by atoms with Gasteiger partial charge in [0.25, 0.3) is 0 Å². The lowest BCUT2D eigenvalue weighted by Gasteiger charge is -2.31. The molecular formula is C15H21NO4. The minimum Gasteiger partial charge on any atom is -0.508 e. The minimum atomic E-state index is -1.11. The van der Waals surface area contributed by atoms with Gasteiger partial charge in [-0.05, 0) is 36.6 Å². The van der Waals surface area contributed by atoms with Crippen molar-refractivity contribution in [3.8, 4) is 5.75 Å². The molecule has 0 aliphatic carbocycles. The smallest absolute Gasteiger partial charge is 0.407 e. The molecule has 0 heterocycles. The second-order valence-electron chi connectivity index (χ2n) is 6.06. The van der Waals surface area contributed by atoms with E-state index < -0.39 is 12.1 Å². The number of carboxylic acid groups (broad SMARTS) is 1. The molecule has 0 spiro atoms. The van der Waals surface area contributed by atoms with Crippen LogP contribution in [-0.2, 0) is 0 Å². The number of carbonyl (C=O) groups is 2. The van der Waals surface area contributed by atoms with Crippen molar-refractivity contribution in [3.63, 3.8) is 0 Å². The van der Waals surface area contributed by atoms with Crippen molar-refractivity contribution in [1.29, 1.82) is 0 Å². The number of nitrogens with zero attached hydrogens (tertiary/aromatic N) is 1. The second-order valence-corrected chi connectivity index (χ2v) is 6.06. The SMILES string of the molecule is C[C@@H](C(=O)c1ccc(O)cc1)N(CC(C)(C)C)C(=O)O. The van der Waals surface area contributed by atoms with Gasteiger partial charge in [-0.25, -0.2) is 4.79 Å². The summed E-state index contributed by atoms with van der Waals surface area (Å²) in [5.74, 6) is -0.212. The first-order chi connectivity index (χ1) is 9.11. The zero-order valence-corrected chi connectivity index (χ0v) is 12.3. The molecule has 1 atom stereocenters. The van der Waals surface area contributed by atoms with Gasteiger partial charge in [0.15, 0.2) is 5.78 Å². The van der Waals surface area contributed by atoms with Crippen molar-refractivity contribution in [2.75, 3.05) is 6.54 Å². The first-order valence-electron chi connectivity index (χ1n) is 6.44. The number of amides is 1. The fourth-order valence-electron chi connectivity index (χ4n) is 1.89. The third-order valence-corrected chi connectivity index (χ3v) is 2.89. The van der Waals surface area contributed by atoms with Crippen LogP contribution in [0.1, 0.15) is 38.1 Å². The van der Waals surface area contributed by atoms with E-state index in [4.69, 9.17) is 0 Å². The highest BCUT2D eigenvalue weighted by Crippen LogP contribution is 2.19. The predicted molar refractivity (Wildman–Crippen MR) is 76.1 cm³/mol.